The molecule has 0 fully saturated rings. The Kier molecular flexibility index (Phi) is 4.07. The Morgan fingerprint density at radius 3 is 2.74 bits per heavy atom. The zero-order valence-electron chi connectivity index (χ0n) is 10.7. The van der Waals surface area contributed by atoms with Crippen molar-refractivity contribution in [3.05, 3.63) is 64.7 Å². The molecule has 0 saturated carbocycles. The number of carbonyl (C=O) groups is 1. The largest absolute Gasteiger partial charge is 0.458 e. The third-order valence-corrected chi connectivity index (χ3v) is 3.15. The van der Waals surface area contributed by atoms with Gasteiger partial charge in [-0.15, -0.1) is 0 Å². The molecule has 0 radical (unpaired) electrons. The van der Waals surface area contributed by atoms with Gasteiger partial charge >= 0.3 is 0 Å². The lowest BCUT2D eigenvalue weighted by Gasteiger charge is -2.05. The van der Waals surface area contributed by atoms with E-state index in [0.29, 0.717) is 16.5 Å². The molecular weight excluding hydrogens is 262 g/mol. The highest BCUT2D eigenvalue weighted by Crippen LogP contribution is 2.24. The summed E-state index contributed by atoms with van der Waals surface area (Å²) in [4.78, 5) is 11.7. The van der Waals surface area contributed by atoms with Crippen LogP contribution in [-0.4, -0.2) is 5.78 Å². The van der Waals surface area contributed by atoms with Crippen LogP contribution in [0.5, 0.6) is 0 Å². The third-order valence-electron chi connectivity index (χ3n) is 2.65. The number of carbonyl (C=O) groups excluding carboxylic acids is 1. The summed E-state index contributed by atoms with van der Waals surface area (Å²) in [7, 11) is 0. The van der Waals surface area contributed by atoms with Crippen LogP contribution in [-0.2, 0) is 0 Å². The van der Waals surface area contributed by atoms with E-state index in [1.54, 1.807) is 25.3 Å². The van der Waals surface area contributed by atoms with E-state index in [-0.39, 0.29) is 5.78 Å². The van der Waals surface area contributed by atoms with E-state index in [2.05, 4.69) is 5.32 Å². The number of anilines is 1. The van der Waals surface area contributed by atoms with Crippen molar-refractivity contribution in [1.29, 1.82) is 0 Å². The van der Waals surface area contributed by atoms with Crippen molar-refractivity contribution in [2.24, 2.45) is 0 Å². The first-order valence-corrected chi connectivity index (χ1v) is 6.24. The maximum atomic E-state index is 11.7. The number of halogens is 1. The Hall–Kier alpha value is -2.00. The highest BCUT2D eigenvalue weighted by molar-refractivity contribution is 6.34. The van der Waals surface area contributed by atoms with Crippen LogP contribution in [0.4, 0.5) is 5.69 Å². The lowest BCUT2D eigenvalue weighted by molar-refractivity contribution is 0.102. The van der Waals surface area contributed by atoms with Crippen molar-refractivity contribution in [3.8, 4) is 0 Å². The molecule has 0 unspecified atom stereocenters. The second-order valence-corrected chi connectivity index (χ2v) is 4.57. The second-order valence-electron chi connectivity index (χ2n) is 4.19. The van der Waals surface area contributed by atoms with Gasteiger partial charge in [0, 0.05) is 12.3 Å². The molecule has 1 aromatic carbocycles. The number of rotatable bonds is 4. The normalized spacial score (nSPS) is 10.9. The number of nitrogens with one attached hydrogen (secondary N) is 1. The summed E-state index contributed by atoms with van der Waals surface area (Å²) in [6, 6.07) is 9.08. The first-order valence-electron chi connectivity index (χ1n) is 5.87. The van der Waals surface area contributed by atoms with Crippen molar-refractivity contribution in [2.45, 2.75) is 13.8 Å². The molecule has 2 rings (SSSR count). The number of aryl methyl sites for hydroxylation is 2. The minimum atomic E-state index is -0.190. The molecule has 0 amide bonds. The van der Waals surface area contributed by atoms with Gasteiger partial charge in [0.1, 0.15) is 5.76 Å². The van der Waals surface area contributed by atoms with Crippen LogP contribution >= 0.6 is 11.6 Å². The minimum Gasteiger partial charge on any atom is -0.458 e. The molecular formula is C15H14ClNO2. The average molecular weight is 276 g/mol. The molecule has 0 atom stereocenters. The summed E-state index contributed by atoms with van der Waals surface area (Å²) in [5.74, 6) is 0.849. The van der Waals surface area contributed by atoms with Crippen LogP contribution in [0.3, 0.4) is 0 Å². The van der Waals surface area contributed by atoms with E-state index < -0.39 is 0 Å². The van der Waals surface area contributed by atoms with Gasteiger partial charge in [-0.3, -0.25) is 4.79 Å². The van der Waals surface area contributed by atoms with Gasteiger partial charge in [-0.1, -0.05) is 23.7 Å². The molecule has 0 aliphatic rings. The molecule has 0 saturated heterocycles. The molecule has 0 bridgehead atoms. The fourth-order valence-corrected chi connectivity index (χ4v) is 1.80. The molecule has 1 N–H and O–H groups in total. The highest BCUT2D eigenvalue weighted by Gasteiger charge is 2.06. The van der Waals surface area contributed by atoms with E-state index in [0.717, 1.165) is 11.3 Å². The number of hydrogen-bond donors (Lipinski definition) is 1. The molecule has 0 aliphatic heterocycles. The lowest BCUT2D eigenvalue weighted by Crippen LogP contribution is -1.95. The Balaban J connectivity index is 2.04. The molecule has 19 heavy (non-hydrogen) atoms. The van der Waals surface area contributed by atoms with Gasteiger partial charge in [-0.2, -0.15) is 0 Å². The van der Waals surface area contributed by atoms with Crippen LogP contribution in [0.2, 0.25) is 5.02 Å². The summed E-state index contributed by atoms with van der Waals surface area (Å²) in [5, 5.41) is 3.63. The van der Waals surface area contributed by atoms with E-state index >= 15 is 0 Å². The topological polar surface area (TPSA) is 42.2 Å². The van der Waals surface area contributed by atoms with Crippen LogP contribution in [0.15, 0.2) is 47.0 Å². The van der Waals surface area contributed by atoms with Crippen LogP contribution in [0.1, 0.15) is 21.9 Å². The molecule has 2 aromatic rings. The maximum Gasteiger partial charge on any atom is 0.222 e. The van der Waals surface area contributed by atoms with Crippen molar-refractivity contribution in [2.75, 3.05) is 5.32 Å². The fourth-order valence-electron chi connectivity index (χ4n) is 1.62. The Morgan fingerprint density at radius 1 is 1.26 bits per heavy atom. The van der Waals surface area contributed by atoms with Crippen LogP contribution in [0, 0.1) is 13.8 Å². The standard InChI is InChI=1S/C15H14ClNO2/c1-10-4-3-5-12(15(10)16)17-9-8-13(18)14-7-6-11(2)19-14/h3-9,17H,1-2H3. The first-order chi connectivity index (χ1) is 9.08. The minimum absolute atomic E-state index is 0.190. The maximum absolute atomic E-state index is 11.7. The smallest absolute Gasteiger partial charge is 0.222 e. The molecule has 98 valence electrons. The van der Waals surface area contributed by atoms with E-state index in [1.807, 2.05) is 25.1 Å². The van der Waals surface area contributed by atoms with Gasteiger partial charge in [0.2, 0.25) is 5.78 Å². The third kappa shape index (κ3) is 3.26. The van der Waals surface area contributed by atoms with Gasteiger partial charge in [-0.25, -0.2) is 0 Å². The summed E-state index contributed by atoms with van der Waals surface area (Å²) in [6.07, 6.45) is 2.97. The number of benzene rings is 1. The summed E-state index contributed by atoms with van der Waals surface area (Å²) in [6.45, 7) is 3.72. The van der Waals surface area contributed by atoms with E-state index in [4.69, 9.17) is 16.0 Å². The van der Waals surface area contributed by atoms with Gasteiger partial charge in [-0.05, 0) is 37.6 Å². The zero-order chi connectivity index (χ0) is 13.8. The highest BCUT2D eigenvalue weighted by atomic mass is 35.5. The summed E-state index contributed by atoms with van der Waals surface area (Å²) >= 11 is 6.13. The van der Waals surface area contributed by atoms with Gasteiger partial charge < -0.3 is 9.73 Å². The SMILES string of the molecule is Cc1ccc(C(=O)C=CNc2cccc(C)c2Cl)o1. The second kappa shape index (κ2) is 5.76. The van der Waals surface area contributed by atoms with Crippen molar-refractivity contribution >= 4 is 23.1 Å². The van der Waals surface area contributed by atoms with Gasteiger partial charge in [0.25, 0.3) is 0 Å². The summed E-state index contributed by atoms with van der Waals surface area (Å²) in [5.41, 5.74) is 1.74. The first kappa shape index (κ1) is 13.4. The molecule has 3 nitrogen and oxygen atoms in total. The Bertz CT molecular complexity index is 629. The Labute approximate surface area is 116 Å². The molecule has 4 heteroatoms. The Morgan fingerprint density at radius 2 is 2.05 bits per heavy atom. The van der Waals surface area contributed by atoms with Gasteiger partial charge in [0.05, 0.1) is 10.7 Å². The zero-order valence-corrected chi connectivity index (χ0v) is 11.5. The molecule has 0 aliphatic carbocycles. The average Bonchev–Trinajstić information content (AvgIpc) is 2.81. The lowest BCUT2D eigenvalue weighted by atomic mass is 10.2. The number of furan rings is 1. The van der Waals surface area contributed by atoms with E-state index in [1.165, 1.54) is 6.08 Å². The quantitative estimate of drug-likeness (QED) is 0.666. The molecule has 1 heterocycles. The van der Waals surface area contributed by atoms with Crippen LogP contribution < -0.4 is 5.32 Å². The van der Waals surface area contributed by atoms with Crippen molar-refractivity contribution < 1.29 is 9.21 Å². The molecule has 0 spiro atoms. The monoisotopic (exact) mass is 275 g/mol. The predicted octanol–water partition coefficient (Wildman–Crippen LogP) is 4.36. The number of ketones is 1. The van der Waals surface area contributed by atoms with E-state index in [9.17, 15) is 4.79 Å². The number of hydrogen-bond acceptors (Lipinski definition) is 3. The van der Waals surface area contributed by atoms with Crippen molar-refractivity contribution in [1.82, 2.24) is 0 Å². The van der Waals surface area contributed by atoms with Crippen molar-refractivity contribution in [3.63, 3.8) is 0 Å². The number of allylic oxidation sites excluding steroid dienone is 1. The van der Waals surface area contributed by atoms with Crippen LogP contribution in [0.25, 0.3) is 0 Å². The molecule has 1 aromatic heterocycles. The fraction of sp³-hybridized carbons (Fsp3) is 0.133. The van der Waals surface area contributed by atoms with Gasteiger partial charge in [0.15, 0.2) is 5.76 Å². The predicted molar refractivity (Wildman–Crippen MR) is 76.7 cm³/mol. The summed E-state index contributed by atoms with van der Waals surface area (Å²) < 4.78 is 5.24.